The van der Waals surface area contributed by atoms with E-state index in [2.05, 4.69) is 10.00 Å². The Bertz CT molecular complexity index is 1070. The van der Waals surface area contributed by atoms with Crippen molar-refractivity contribution < 1.29 is 14.1 Å². The first-order valence-corrected chi connectivity index (χ1v) is 10.0. The molecule has 1 saturated heterocycles. The molecule has 160 valence electrons. The van der Waals surface area contributed by atoms with Crippen molar-refractivity contribution in [1.82, 2.24) is 19.6 Å². The van der Waals surface area contributed by atoms with Crippen LogP contribution in [0.1, 0.15) is 21.5 Å². The molecule has 0 aliphatic carbocycles. The number of aromatic nitrogens is 2. The van der Waals surface area contributed by atoms with E-state index in [4.69, 9.17) is 0 Å². The van der Waals surface area contributed by atoms with E-state index in [1.807, 2.05) is 23.1 Å². The van der Waals surface area contributed by atoms with Gasteiger partial charge in [-0.2, -0.15) is 5.10 Å². The predicted molar refractivity (Wildman–Crippen MR) is 112 cm³/mol. The predicted octanol–water partition coefficient (Wildman–Crippen LogP) is 2.94. The number of nitro groups is 1. The highest BCUT2D eigenvalue weighted by Gasteiger charge is 2.22. The van der Waals surface area contributed by atoms with Crippen LogP contribution in [0.2, 0.25) is 0 Å². The van der Waals surface area contributed by atoms with Crippen molar-refractivity contribution in [2.75, 3.05) is 26.2 Å². The zero-order valence-corrected chi connectivity index (χ0v) is 16.9. The van der Waals surface area contributed by atoms with Gasteiger partial charge in [0, 0.05) is 43.9 Å². The van der Waals surface area contributed by atoms with Crippen LogP contribution < -0.4 is 0 Å². The van der Waals surface area contributed by atoms with Crippen LogP contribution in [0.5, 0.6) is 0 Å². The van der Waals surface area contributed by atoms with Crippen LogP contribution in [0, 0.1) is 15.9 Å². The lowest BCUT2D eigenvalue weighted by Gasteiger charge is -2.34. The van der Waals surface area contributed by atoms with Crippen molar-refractivity contribution in [2.45, 2.75) is 13.1 Å². The van der Waals surface area contributed by atoms with Crippen LogP contribution in [-0.2, 0) is 13.1 Å². The highest BCUT2D eigenvalue weighted by molar-refractivity contribution is 5.94. The minimum Gasteiger partial charge on any atom is -0.336 e. The smallest absolute Gasteiger partial charge is 0.307 e. The molecule has 0 atom stereocenters. The SMILES string of the molecule is O=C(c1ccc(Cn2cc([N+](=O)[O-])cn2)cc1)N1CCN(Cc2ccccc2F)CC1. The maximum Gasteiger partial charge on any atom is 0.307 e. The van der Waals surface area contributed by atoms with Crippen molar-refractivity contribution in [3.05, 3.63) is 93.5 Å². The highest BCUT2D eigenvalue weighted by Crippen LogP contribution is 2.15. The zero-order chi connectivity index (χ0) is 21.8. The molecule has 1 aliphatic heterocycles. The fraction of sp³-hybridized carbons (Fsp3) is 0.273. The summed E-state index contributed by atoms with van der Waals surface area (Å²) in [6.07, 6.45) is 2.59. The summed E-state index contributed by atoms with van der Waals surface area (Å²) in [6.45, 7) is 3.48. The van der Waals surface area contributed by atoms with Gasteiger partial charge in [0.1, 0.15) is 18.2 Å². The topological polar surface area (TPSA) is 84.5 Å². The van der Waals surface area contributed by atoms with Crippen molar-refractivity contribution >= 4 is 11.6 Å². The summed E-state index contributed by atoms with van der Waals surface area (Å²) in [4.78, 5) is 27.0. The van der Waals surface area contributed by atoms with Crippen LogP contribution >= 0.6 is 0 Å². The fourth-order valence-electron chi connectivity index (χ4n) is 3.63. The molecule has 4 rings (SSSR count). The first kappa shape index (κ1) is 20.7. The number of amides is 1. The molecular weight excluding hydrogens is 401 g/mol. The maximum atomic E-state index is 13.9. The van der Waals surface area contributed by atoms with Gasteiger partial charge in [0.2, 0.25) is 0 Å². The fourth-order valence-corrected chi connectivity index (χ4v) is 3.63. The van der Waals surface area contributed by atoms with Crippen LogP contribution in [0.25, 0.3) is 0 Å². The lowest BCUT2D eigenvalue weighted by atomic mass is 10.1. The van der Waals surface area contributed by atoms with Crippen molar-refractivity contribution in [1.29, 1.82) is 0 Å². The molecule has 1 amide bonds. The number of carbonyl (C=O) groups is 1. The molecule has 2 aromatic carbocycles. The first-order chi connectivity index (χ1) is 15.0. The van der Waals surface area contributed by atoms with Crippen LogP contribution in [0.3, 0.4) is 0 Å². The van der Waals surface area contributed by atoms with Crippen molar-refractivity contribution in [2.24, 2.45) is 0 Å². The number of hydrogen-bond donors (Lipinski definition) is 0. The molecule has 0 radical (unpaired) electrons. The van der Waals surface area contributed by atoms with E-state index in [0.29, 0.717) is 50.4 Å². The Hall–Kier alpha value is -3.59. The third-order valence-corrected chi connectivity index (χ3v) is 5.39. The zero-order valence-electron chi connectivity index (χ0n) is 16.9. The molecule has 3 aromatic rings. The molecule has 9 heteroatoms. The average molecular weight is 423 g/mol. The standard InChI is InChI=1S/C22H22FN5O3/c23-21-4-2-1-3-19(21)15-25-9-11-26(12-10-25)22(29)18-7-5-17(6-8-18)14-27-16-20(13-24-27)28(30)31/h1-8,13,16H,9-12,14-15H2. The van der Waals surface area contributed by atoms with Crippen LogP contribution in [0.15, 0.2) is 60.9 Å². The molecule has 2 heterocycles. The number of halogens is 1. The Morgan fingerprint density at radius 3 is 2.39 bits per heavy atom. The van der Waals surface area contributed by atoms with Gasteiger partial charge in [-0.1, -0.05) is 30.3 Å². The summed E-state index contributed by atoms with van der Waals surface area (Å²) < 4.78 is 15.3. The summed E-state index contributed by atoms with van der Waals surface area (Å²) >= 11 is 0. The Morgan fingerprint density at radius 1 is 1.03 bits per heavy atom. The van der Waals surface area contributed by atoms with E-state index in [1.165, 1.54) is 23.1 Å². The summed E-state index contributed by atoms with van der Waals surface area (Å²) in [5, 5.41) is 14.7. The van der Waals surface area contributed by atoms with Gasteiger partial charge in [-0.3, -0.25) is 24.5 Å². The maximum absolute atomic E-state index is 13.9. The van der Waals surface area contributed by atoms with Gasteiger partial charge < -0.3 is 4.90 Å². The van der Waals surface area contributed by atoms with Gasteiger partial charge in [0.25, 0.3) is 5.91 Å². The van der Waals surface area contributed by atoms with E-state index in [1.54, 1.807) is 24.3 Å². The number of nitrogens with zero attached hydrogens (tertiary/aromatic N) is 5. The van der Waals surface area contributed by atoms with Gasteiger partial charge in [0.05, 0.1) is 11.5 Å². The summed E-state index contributed by atoms with van der Waals surface area (Å²) in [5.74, 6) is -0.238. The van der Waals surface area contributed by atoms with Gasteiger partial charge in [0.15, 0.2) is 0 Å². The van der Waals surface area contributed by atoms with Gasteiger partial charge >= 0.3 is 5.69 Å². The lowest BCUT2D eigenvalue weighted by molar-refractivity contribution is -0.385. The minimum absolute atomic E-state index is 0.0354. The number of rotatable bonds is 6. The largest absolute Gasteiger partial charge is 0.336 e. The van der Waals surface area contributed by atoms with Crippen molar-refractivity contribution in [3.8, 4) is 0 Å². The van der Waals surface area contributed by atoms with Crippen LogP contribution in [-0.4, -0.2) is 56.6 Å². The third-order valence-electron chi connectivity index (χ3n) is 5.39. The van der Waals surface area contributed by atoms with Crippen LogP contribution in [0.4, 0.5) is 10.1 Å². The van der Waals surface area contributed by atoms with E-state index in [0.717, 1.165) is 5.56 Å². The lowest BCUT2D eigenvalue weighted by Crippen LogP contribution is -2.48. The molecular formula is C22H22FN5O3. The van der Waals surface area contributed by atoms with Crippen molar-refractivity contribution in [3.63, 3.8) is 0 Å². The number of benzene rings is 2. The second kappa shape index (κ2) is 9.05. The molecule has 0 saturated carbocycles. The molecule has 1 aliphatic rings. The Morgan fingerprint density at radius 2 is 1.74 bits per heavy atom. The second-order valence-electron chi connectivity index (χ2n) is 7.51. The number of carbonyl (C=O) groups excluding carboxylic acids is 1. The summed E-state index contributed by atoms with van der Waals surface area (Å²) in [7, 11) is 0. The molecule has 1 fully saturated rings. The Labute approximate surface area is 178 Å². The van der Waals surface area contributed by atoms with Gasteiger partial charge in [-0.05, 0) is 23.8 Å². The molecule has 8 nitrogen and oxygen atoms in total. The number of hydrogen-bond acceptors (Lipinski definition) is 5. The van der Waals surface area contributed by atoms with E-state index < -0.39 is 4.92 Å². The normalized spacial score (nSPS) is 14.5. The van der Waals surface area contributed by atoms with E-state index in [-0.39, 0.29) is 17.4 Å². The monoisotopic (exact) mass is 423 g/mol. The molecule has 0 spiro atoms. The molecule has 0 bridgehead atoms. The van der Waals surface area contributed by atoms with Gasteiger partial charge in [-0.15, -0.1) is 0 Å². The molecule has 1 aromatic heterocycles. The average Bonchev–Trinajstić information content (AvgIpc) is 3.25. The highest BCUT2D eigenvalue weighted by atomic mass is 19.1. The number of piperazine rings is 1. The molecule has 0 N–H and O–H groups in total. The molecule has 0 unspecified atom stereocenters. The Kier molecular flexibility index (Phi) is 6.03. The summed E-state index contributed by atoms with van der Waals surface area (Å²) in [6, 6.07) is 13.9. The summed E-state index contributed by atoms with van der Waals surface area (Å²) in [5.41, 5.74) is 2.10. The molecule has 31 heavy (non-hydrogen) atoms. The van der Waals surface area contributed by atoms with Gasteiger partial charge in [-0.25, -0.2) is 4.39 Å². The Balaban J connectivity index is 1.31. The second-order valence-corrected chi connectivity index (χ2v) is 7.51. The van der Waals surface area contributed by atoms with E-state index >= 15 is 0 Å². The quantitative estimate of drug-likeness (QED) is 0.450. The van der Waals surface area contributed by atoms with E-state index in [9.17, 15) is 19.3 Å². The minimum atomic E-state index is -0.485. The third kappa shape index (κ3) is 4.95. The first-order valence-electron chi connectivity index (χ1n) is 10.0.